The first-order chi connectivity index (χ1) is 9.94. The van der Waals surface area contributed by atoms with E-state index in [1.807, 2.05) is 22.6 Å². The number of carboxylic acids is 1. The highest BCUT2D eigenvalue weighted by molar-refractivity contribution is 14.1. The van der Waals surface area contributed by atoms with Crippen LogP contribution < -0.4 is 5.32 Å². The van der Waals surface area contributed by atoms with Crippen molar-refractivity contribution in [3.63, 3.8) is 0 Å². The fraction of sp³-hybridized carbons (Fsp3) is 0.467. The number of hydrogen-bond donors (Lipinski definition) is 3. The van der Waals surface area contributed by atoms with Crippen molar-refractivity contribution < 1.29 is 19.8 Å². The van der Waals surface area contributed by atoms with Gasteiger partial charge in [-0.05, 0) is 53.6 Å². The number of carbonyl (C=O) groups is 2. The van der Waals surface area contributed by atoms with E-state index in [1.54, 1.807) is 12.1 Å². The lowest BCUT2D eigenvalue weighted by Crippen LogP contribution is -2.54. The quantitative estimate of drug-likeness (QED) is 0.535. The Labute approximate surface area is 136 Å². The van der Waals surface area contributed by atoms with E-state index in [0.29, 0.717) is 16.4 Å². The second-order valence-electron chi connectivity index (χ2n) is 5.42. The molecule has 114 valence electrons. The Balaban J connectivity index is 2.21. The number of aromatic hydroxyl groups is 1. The molecular formula is C15H18INO4. The first-order valence-corrected chi connectivity index (χ1v) is 8.07. The van der Waals surface area contributed by atoms with Crippen molar-refractivity contribution in [1.29, 1.82) is 0 Å². The number of carbonyl (C=O) groups excluding carboxylic acids is 1. The first kappa shape index (κ1) is 16.1. The maximum Gasteiger partial charge on any atom is 0.329 e. The Hall–Kier alpha value is -1.31. The van der Waals surface area contributed by atoms with Gasteiger partial charge in [-0.15, -0.1) is 0 Å². The minimum atomic E-state index is -1.19. The van der Waals surface area contributed by atoms with E-state index in [4.69, 9.17) is 0 Å². The number of benzene rings is 1. The predicted octanol–water partition coefficient (Wildman–Crippen LogP) is 2.90. The normalized spacial score (nSPS) is 17.8. The number of carboxylic acid groups (broad SMARTS) is 1. The average Bonchev–Trinajstić information content (AvgIpc) is 2.68. The standard InChI is InChI=1S/C15H18INO4/c16-11-6-5-10(9-12(11)18)13(19)17-15(14(20)21)7-3-1-2-4-8-15/h5-6,9,18H,1-4,7-8H2,(H,17,19)(H,20,21). The van der Waals surface area contributed by atoms with Crippen molar-refractivity contribution in [2.45, 2.75) is 44.1 Å². The fourth-order valence-electron chi connectivity index (χ4n) is 2.67. The highest BCUT2D eigenvalue weighted by atomic mass is 127. The van der Waals surface area contributed by atoms with E-state index in [0.717, 1.165) is 25.7 Å². The van der Waals surface area contributed by atoms with Gasteiger partial charge in [0.15, 0.2) is 0 Å². The predicted molar refractivity (Wildman–Crippen MR) is 86.4 cm³/mol. The maximum absolute atomic E-state index is 12.3. The summed E-state index contributed by atoms with van der Waals surface area (Å²) in [6.07, 6.45) is 4.48. The Bertz CT molecular complexity index is 551. The Morgan fingerprint density at radius 3 is 2.29 bits per heavy atom. The number of hydrogen-bond acceptors (Lipinski definition) is 3. The topological polar surface area (TPSA) is 86.6 Å². The summed E-state index contributed by atoms with van der Waals surface area (Å²) in [5, 5.41) is 21.9. The number of rotatable bonds is 3. The van der Waals surface area contributed by atoms with Gasteiger partial charge in [0.1, 0.15) is 11.3 Å². The molecule has 1 saturated carbocycles. The molecule has 0 spiro atoms. The lowest BCUT2D eigenvalue weighted by Gasteiger charge is -2.29. The van der Waals surface area contributed by atoms with Gasteiger partial charge in [0.05, 0.1) is 3.57 Å². The fourth-order valence-corrected chi connectivity index (χ4v) is 3.00. The van der Waals surface area contributed by atoms with Gasteiger partial charge in [-0.3, -0.25) is 4.79 Å². The van der Waals surface area contributed by atoms with Crippen LogP contribution in [0.15, 0.2) is 18.2 Å². The lowest BCUT2D eigenvalue weighted by molar-refractivity contribution is -0.145. The van der Waals surface area contributed by atoms with Crippen LogP contribution in [0.2, 0.25) is 0 Å². The van der Waals surface area contributed by atoms with Crippen LogP contribution in [-0.2, 0) is 4.79 Å². The van der Waals surface area contributed by atoms with E-state index in [1.165, 1.54) is 6.07 Å². The zero-order valence-corrected chi connectivity index (χ0v) is 13.7. The smallest absolute Gasteiger partial charge is 0.329 e. The summed E-state index contributed by atoms with van der Waals surface area (Å²) >= 11 is 1.96. The molecule has 1 aliphatic rings. The molecule has 3 N–H and O–H groups in total. The molecule has 1 amide bonds. The summed E-state index contributed by atoms with van der Waals surface area (Å²) in [6.45, 7) is 0. The number of halogens is 1. The van der Waals surface area contributed by atoms with Crippen molar-refractivity contribution in [3.8, 4) is 5.75 Å². The van der Waals surface area contributed by atoms with Crippen LogP contribution in [0.4, 0.5) is 0 Å². The van der Waals surface area contributed by atoms with Crippen LogP contribution in [0.5, 0.6) is 5.75 Å². The van der Waals surface area contributed by atoms with E-state index >= 15 is 0 Å². The number of phenolic OH excluding ortho intramolecular Hbond substituents is 1. The maximum atomic E-state index is 12.3. The van der Waals surface area contributed by atoms with Gasteiger partial charge in [-0.25, -0.2) is 4.79 Å². The minimum absolute atomic E-state index is 0.0218. The molecule has 1 fully saturated rings. The molecule has 21 heavy (non-hydrogen) atoms. The summed E-state index contributed by atoms with van der Waals surface area (Å²) in [6, 6.07) is 4.58. The van der Waals surface area contributed by atoms with E-state index in [2.05, 4.69) is 5.32 Å². The zero-order chi connectivity index (χ0) is 15.5. The SMILES string of the molecule is O=C(NC1(C(=O)O)CCCCCC1)c1ccc(I)c(O)c1. The molecule has 1 aromatic rings. The van der Waals surface area contributed by atoms with Gasteiger partial charge in [-0.2, -0.15) is 0 Å². The zero-order valence-electron chi connectivity index (χ0n) is 11.6. The number of phenols is 1. The molecule has 1 aliphatic carbocycles. The van der Waals surface area contributed by atoms with Gasteiger partial charge in [-0.1, -0.05) is 25.7 Å². The number of amides is 1. The second-order valence-corrected chi connectivity index (χ2v) is 6.58. The average molecular weight is 403 g/mol. The molecule has 0 bridgehead atoms. The lowest BCUT2D eigenvalue weighted by atomic mass is 9.90. The van der Waals surface area contributed by atoms with Gasteiger partial charge in [0.2, 0.25) is 0 Å². The van der Waals surface area contributed by atoms with Crippen molar-refractivity contribution in [1.82, 2.24) is 5.32 Å². The number of nitrogens with one attached hydrogen (secondary N) is 1. The van der Waals surface area contributed by atoms with Crippen LogP contribution in [0, 0.1) is 3.57 Å². The molecule has 5 nitrogen and oxygen atoms in total. The molecular weight excluding hydrogens is 385 g/mol. The van der Waals surface area contributed by atoms with Crippen LogP contribution in [0.1, 0.15) is 48.9 Å². The molecule has 2 rings (SSSR count). The molecule has 1 aromatic carbocycles. The third-order valence-electron chi connectivity index (χ3n) is 3.93. The van der Waals surface area contributed by atoms with Crippen LogP contribution in [-0.4, -0.2) is 27.6 Å². The van der Waals surface area contributed by atoms with Gasteiger partial charge in [0, 0.05) is 5.56 Å². The van der Waals surface area contributed by atoms with E-state index in [9.17, 15) is 19.8 Å². The summed E-state index contributed by atoms with van der Waals surface area (Å²) in [4.78, 5) is 24.0. The van der Waals surface area contributed by atoms with E-state index < -0.39 is 17.4 Å². The highest BCUT2D eigenvalue weighted by Crippen LogP contribution is 2.28. The van der Waals surface area contributed by atoms with Gasteiger partial charge < -0.3 is 15.5 Å². The molecule has 0 saturated heterocycles. The monoisotopic (exact) mass is 403 g/mol. The van der Waals surface area contributed by atoms with Crippen LogP contribution in [0.25, 0.3) is 0 Å². The van der Waals surface area contributed by atoms with Crippen LogP contribution in [0.3, 0.4) is 0 Å². The van der Waals surface area contributed by atoms with Gasteiger partial charge >= 0.3 is 5.97 Å². The third kappa shape index (κ3) is 3.66. The molecule has 0 atom stereocenters. The molecule has 0 radical (unpaired) electrons. The van der Waals surface area contributed by atoms with Gasteiger partial charge in [0.25, 0.3) is 5.91 Å². The Morgan fingerprint density at radius 1 is 1.14 bits per heavy atom. The van der Waals surface area contributed by atoms with E-state index in [-0.39, 0.29) is 11.3 Å². The second kappa shape index (κ2) is 6.64. The molecule has 0 unspecified atom stereocenters. The van der Waals surface area contributed by atoms with Crippen molar-refractivity contribution in [2.24, 2.45) is 0 Å². The minimum Gasteiger partial charge on any atom is -0.507 e. The molecule has 0 aliphatic heterocycles. The van der Waals surface area contributed by atoms with Crippen molar-refractivity contribution in [2.75, 3.05) is 0 Å². The van der Waals surface area contributed by atoms with Crippen molar-refractivity contribution >= 4 is 34.5 Å². The summed E-state index contributed by atoms with van der Waals surface area (Å²) in [5.41, 5.74) is -0.913. The first-order valence-electron chi connectivity index (χ1n) is 6.99. The third-order valence-corrected chi connectivity index (χ3v) is 4.84. The summed E-state index contributed by atoms with van der Waals surface area (Å²) in [5.74, 6) is -1.41. The molecule has 6 heteroatoms. The Kier molecular flexibility index (Phi) is 5.08. The van der Waals surface area contributed by atoms with Crippen molar-refractivity contribution in [3.05, 3.63) is 27.3 Å². The number of aliphatic carboxylic acids is 1. The summed E-state index contributed by atoms with van der Waals surface area (Å²) < 4.78 is 0.645. The largest absolute Gasteiger partial charge is 0.507 e. The molecule has 0 aromatic heterocycles. The van der Waals surface area contributed by atoms with Crippen LogP contribution >= 0.6 is 22.6 Å². The highest BCUT2D eigenvalue weighted by Gasteiger charge is 2.40. The summed E-state index contributed by atoms with van der Waals surface area (Å²) in [7, 11) is 0. The molecule has 0 heterocycles. The Morgan fingerprint density at radius 2 is 1.76 bits per heavy atom.